The molecule has 1 aliphatic heterocycles. The van der Waals surface area contributed by atoms with E-state index in [1.165, 1.54) is 11.1 Å². The maximum atomic E-state index is 12.7. The van der Waals surface area contributed by atoms with Crippen molar-refractivity contribution in [3.8, 4) is 5.75 Å². The molecule has 1 aliphatic rings. The molecule has 0 bridgehead atoms. The van der Waals surface area contributed by atoms with Crippen LogP contribution in [0.15, 0.2) is 59.7 Å². The molecule has 1 unspecified atom stereocenters. The summed E-state index contributed by atoms with van der Waals surface area (Å²) in [5.41, 5.74) is 5.76. The molecule has 160 valence electrons. The lowest BCUT2D eigenvalue weighted by Crippen LogP contribution is -2.36. The summed E-state index contributed by atoms with van der Waals surface area (Å²) >= 11 is 0. The van der Waals surface area contributed by atoms with E-state index in [0.29, 0.717) is 19.1 Å². The summed E-state index contributed by atoms with van der Waals surface area (Å²) in [6.07, 6.45) is 0.989. The quantitative estimate of drug-likeness (QED) is 0.683. The summed E-state index contributed by atoms with van der Waals surface area (Å²) in [5.74, 6) is 0.430. The first kappa shape index (κ1) is 22.1. The Balaban J connectivity index is 2.03. The first-order chi connectivity index (χ1) is 14.3. The van der Waals surface area contributed by atoms with Gasteiger partial charge < -0.3 is 10.0 Å². The van der Waals surface area contributed by atoms with Crippen LogP contribution < -0.4 is 0 Å². The summed E-state index contributed by atoms with van der Waals surface area (Å²) in [7, 11) is 2.17. The van der Waals surface area contributed by atoms with Crippen molar-refractivity contribution in [1.29, 1.82) is 0 Å². The third kappa shape index (κ3) is 4.59. The fraction of sp³-hybridized carbons (Fsp3) is 0.423. The number of hydrogen-bond donors (Lipinski definition) is 1. The normalized spacial score (nSPS) is 18.4. The predicted molar refractivity (Wildman–Crippen MR) is 123 cm³/mol. The highest BCUT2D eigenvalue weighted by Crippen LogP contribution is 2.39. The van der Waals surface area contributed by atoms with E-state index in [0.717, 1.165) is 29.7 Å². The Kier molecular flexibility index (Phi) is 6.99. The fourth-order valence-electron chi connectivity index (χ4n) is 4.45. The van der Waals surface area contributed by atoms with Gasteiger partial charge in [0.25, 0.3) is 5.91 Å². The molecule has 30 heavy (non-hydrogen) atoms. The summed E-state index contributed by atoms with van der Waals surface area (Å²) in [6, 6.07) is 16.1. The van der Waals surface area contributed by atoms with E-state index < -0.39 is 0 Å². The number of phenols is 1. The van der Waals surface area contributed by atoms with Gasteiger partial charge in [-0.25, -0.2) is 0 Å². The van der Waals surface area contributed by atoms with E-state index in [4.69, 9.17) is 0 Å². The van der Waals surface area contributed by atoms with Gasteiger partial charge in [-0.15, -0.1) is 0 Å². The number of rotatable bonds is 6. The van der Waals surface area contributed by atoms with Crippen molar-refractivity contribution in [3.63, 3.8) is 0 Å². The third-order valence-electron chi connectivity index (χ3n) is 6.40. The maximum Gasteiger partial charge on any atom is 0.253 e. The van der Waals surface area contributed by atoms with E-state index in [1.807, 2.05) is 43.0 Å². The first-order valence-electron chi connectivity index (χ1n) is 10.9. The standard InChI is InChI=1S/C26H34N2O2/c1-6-28(7-2)26(30)21-13-11-20(12-14-21)25(22-9-8-10-23(29)16-22)24-15-19(4)27(5)17-18(24)3/h8-14,16,19,25,29H,6-7,15,17H2,1-5H3/t19-,25?/m0/s1. The molecular weight excluding hydrogens is 372 g/mol. The number of benzene rings is 2. The topological polar surface area (TPSA) is 43.8 Å². The van der Waals surface area contributed by atoms with Gasteiger partial charge in [0.1, 0.15) is 5.75 Å². The van der Waals surface area contributed by atoms with Crippen LogP contribution in [0.2, 0.25) is 0 Å². The van der Waals surface area contributed by atoms with Crippen molar-refractivity contribution in [3.05, 3.63) is 76.4 Å². The van der Waals surface area contributed by atoms with Crippen molar-refractivity contribution < 1.29 is 9.90 Å². The third-order valence-corrected chi connectivity index (χ3v) is 6.40. The number of phenolic OH excluding ortho intramolecular Hbond substituents is 1. The van der Waals surface area contributed by atoms with Gasteiger partial charge in [0, 0.05) is 37.2 Å². The molecule has 4 nitrogen and oxygen atoms in total. The Morgan fingerprint density at radius 1 is 1.13 bits per heavy atom. The van der Waals surface area contributed by atoms with Crippen LogP contribution in [0.5, 0.6) is 5.75 Å². The molecule has 0 radical (unpaired) electrons. The molecule has 0 aliphatic carbocycles. The van der Waals surface area contributed by atoms with Crippen LogP contribution in [-0.4, -0.2) is 53.5 Å². The van der Waals surface area contributed by atoms with E-state index in [2.05, 4.69) is 44.0 Å². The first-order valence-corrected chi connectivity index (χ1v) is 10.9. The molecule has 0 saturated carbocycles. The molecule has 3 rings (SSSR count). The van der Waals surface area contributed by atoms with Gasteiger partial charge in [0.2, 0.25) is 0 Å². The van der Waals surface area contributed by atoms with Crippen molar-refractivity contribution in [2.75, 3.05) is 26.7 Å². The minimum atomic E-state index is 0.0729. The van der Waals surface area contributed by atoms with E-state index in [1.54, 1.807) is 6.07 Å². The highest BCUT2D eigenvalue weighted by molar-refractivity contribution is 5.94. The van der Waals surface area contributed by atoms with Crippen LogP contribution in [0.3, 0.4) is 0 Å². The largest absolute Gasteiger partial charge is 0.508 e. The second-order valence-electron chi connectivity index (χ2n) is 8.40. The minimum absolute atomic E-state index is 0.0729. The molecular formula is C26H34N2O2. The molecule has 0 spiro atoms. The summed E-state index contributed by atoms with van der Waals surface area (Å²) in [4.78, 5) is 16.9. The molecule has 1 amide bonds. The lowest BCUT2D eigenvalue weighted by molar-refractivity contribution is 0.0773. The van der Waals surface area contributed by atoms with Crippen molar-refractivity contribution in [1.82, 2.24) is 9.80 Å². The van der Waals surface area contributed by atoms with E-state index in [-0.39, 0.29) is 17.6 Å². The zero-order valence-corrected chi connectivity index (χ0v) is 18.9. The number of likely N-dealkylation sites (N-methyl/N-ethyl adjacent to an activating group) is 1. The number of carbonyl (C=O) groups is 1. The second-order valence-corrected chi connectivity index (χ2v) is 8.40. The second kappa shape index (κ2) is 9.48. The van der Waals surface area contributed by atoms with Crippen LogP contribution in [0.25, 0.3) is 0 Å². The number of nitrogens with zero attached hydrogens (tertiary/aromatic N) is 2. The summed E-state index contributed by atoms with van der Waals surface area (Å²) < 4.78 is 0. The van der Waals surface area contributed by atoms with Gasteiger partial charge in [-0.3, -0.25) is 9.69 Å². The van der Waals surface area contributed by atoms with Gasteiger partial charge in [0.05, 0.1) is 0 Å². The maximum absolute atomic E-state index is 12.7. The SMILES string of the molecule is CCN(CC)C(=O)c1ccc(C(C2=C(C)CN(C)[C@@H](C)C2)c2cccc(O)c2)cc1. The van der Waals surface area contributed by atoms with Gasteiger partial charge in [0.15, 0.2) is 0 Å². The highest BCUT2D eigenvalue weighted by atomic mass is 16.3. The minimum Gasteiger partial charge on any atom is -0.508 e. The Hall–Kier alpha value is -2.59. The molecule has 1 heterocycles. The predicted octanol–water partition coefficient (Wildman–Crippen LogP) is 5.05. The zero-order chi connectivity index (χ0) is 21.8. The molecule has 0 fully saturated rings. The van der Waals surface area contributed by atoms with Crippen LogP contribution in [0, 0.1) is 0 Å². The molecule has 2 aromatic rings. The fourth-order valence-corrected chi connectivity index (χ4v) is 4.45. The molecule has 0 saturated heterocycles. The summed E-state index contributed by atoms with van der Waals surface area (Å²) in [5, 5.41) is 10.1. The van der Waals surface area contributed by atoms with Gasteiger partial charge in [-0.05, 0) is 76.6 Å². The average Bonchev–Trinajstić information content (AvgIpc) is 2.73. The number of aromatic hydroxyl groups is 1. The number of carbonyl (C=O) groups excluding carboxylic acids is 1. The lowest BCUT2D eigenvalue weighted by Gasteiger charge is -2.36. The molecule has 1 N–H and O–H groups in total. The van der Waals surface area contributed by atoms with E-state index >= 15 is 0 Å². The summed E-state index contributed by atoms with van der Waals surface area (Å²) in [6.45, 7) is 10.9. The van der Waals surface area contributed by atoms with Crippen molar-refractivity contribution in [2.24, 2.45) is 0 Å². The molecule has 2 aromatic carbocycles. The van der Waals surface area contributed by atoms with Gasteiger partial charge >= 0.3 is 0 Å². The van der Waals surface area contributed by atoms with Crippen molar-refractivity contribution >= 4 is 5.91 Å². The number of amides is 1. The van der Waals surface area contributed by atoms with Gasteiger partial charge in [-0.2, -0.15) is 0 Å². The van der Waals surface area contributed by atoms with Crippen LogP contribution in [0.1, 0.15) is 61.5 Å². The smallest absolute Gasteiger partial charge is 0.253 e. The molecule has 2 atom stereocenters. The van der Waals surface area contributed by atoms with Crippen LogP contribution >= 0.6 is 0 Å². The monoisotopic (exact) mass is 406 g/mol. The van der Waals surface area contributed by atoms with Crippen LogP contribution in [-0.2, 0) is 0 Å². The zero-order valence-electron chi connectivity index (χ0n) is 18.9. The Morgan fingerprint density at radius 2 is 1.80 bits per heavy atom. The van der Waals surface area contributed by atoms with E-state index in [9.17, 15) is 9.90 Å². The Labute approximate surface area is 180 Å². The molecule has 4 heteroatoms. The highest BCUT2D eigenvalue weighted by Gasteiger charge is 2.28. The molecule has 0 aromatic heterocycles. The Bertz CT molecular complexity index is 913. The Morgan fingerprint density at radius 3 is 2.40 bits per heavy atom. The number of hydrogen-bond acceptors (Lipinski definition) is 3. The van der Waals surface area contributed by atoms with Crippen LogP contribution in [0.4, 0.5) is 0 Å². The van der Waals surface area contributed by atoms with Gasteiger partial charge in [-0.1, -0.05) is 35.4 Å². The average molecular weight is 407 g/mol. The lowest BCUT2D eigenvalue weighted by atomic mass is 9.78. The van der Waals surface area contributed by atoms with Crippen molar-refractivity contribution in [2.45, 2.75) is 46.1 Å².